The van der Waals surface area contributed by atoms with Crippen molar-refractivity contribution < 1.29 is 57.8 Å². The molecule has 0 bridgehead atoms. The lowest BCUT2D eigenvalue weighted by molar-refractivity contribution is -0.145. The van der Waals surface area contributed by atoms with Crippen molar-refractivity contribution in [3.05, 3.63) is 0 Å². The highest BCUT2D eigenvalue weighted by Crippen LogP contribution is 2.20. The molecule has 0 aliphatic carbocycles. The third-order valence-electron chi connectivity index (χ3n) is 13.8. The molecule has 11 atom stereocenters. The van der Waals surface area contributed by atoms with Gasteiger partial charge in [0.15, 0.2) is 0 Å². The summed E-state index contributed by atoms with van der Waals surface area (Å²) in [5.74, 6) is -8.75. The third kappa shape index (κ3) is 21.3. The van der Waals surface area contributed by atoms with Crippen LogP contribution in [0.15, 0.2) is 0 Å². The standard InChI is InChI=1S/C53H95N11O12/c1-18-32(11)41-53(76)63(16)43(30(7)8)49(72)57-34(13)46(69)54-23-20-38(66)58-36(26-28(3)4)51(74)62(15)44(31(9)10)50(73)61-42(35(14)65)47(70)55-24-21-39(67)59-37(27-29(5)6)52(75)64(17)45(33(12)19-2)48(71)56-25-22-40(68)60-41/h28-37,41-45,65H,18-27H2,1-17H3,(H,54,69)(H,55,70)(H,56,71)(H,57,72)(H,58,66)(H,59,67)(H,60,68)(H,61,73)/t32-,33-,34-,35?,36?,37?,41-,42-,43-,44-,45+/m1/s1. The Morgan fingerprint density at radius 3 is 1.21 bits per heavy atom. The Bertz CT molecular complexity index is 2000. The molecule has 1 fully saturated rings. The highest BCUT2D eigenvalue weighted by Gasteiger charge is 2.40. The van der Waals surface area contributed by atoms with Gasteiger partial charge in [-0.1, -0.05) is 95.9 Å². The van der Waals surface area contributed by atoms with Crippen LogP contribution in [0.25, 0.3) is 0 Å². The lowest BCUT2D eigenvalue weighted by Gasteiger charge is -2.35. The van der Waals surface area contributed by atoms with Crippen molar-refractivity contribution in [3.8, 4) is 0 Å². The zero-order valence-corrected chi connectivity index (χ0v) is 48.5. The zero-order chi connectivity index (χ0) is 58.5. The van der Waals surface area contributed by atoms with Gasteiger partial charge in [-0.3, -0.25) is 52.7 Å². The highest BCUT2D eigenvalue weighted by molar-refractivity contribution is 5.97. The van der Waals surface area contributed by atoms with Gasteiger partial charge in [0, 0.05) is 60.0 Å². The number of amides is 11. The van der Waals surface area contributed by atoms with E-state index >= 15 is 0 Å². The van der Waals surface area contributed by atoms with Gasteiger partial charge in [0.1, 0.15) is 48.3 Å². The SMILES string of the molecule is CC[C@@H](C)[C@H]1C(=O)NCCC(=O)N[C@H]([C@H](C)CC)C(=O)N(C)[C@H](C(C)C)C(=O)N[C@H](C)C(=O)NCCC(=O)NC(CC(C)C)C(=O)N(C)[C@H](C(C)C)C(=O)N[C@H](C(C)O)C(=O)NCCC(=O)NC(CC(C)C)C(=O)N1C. The number of nitrogens with zero attached hydrogens (tertiary/aromatic N) is 3. The lowest BCUT2D eigenvalue weighted by Crippen LogP contribution is -2.60. The summed E-state index contributed by atoms with van der Waals surface area (Å²) in [6.45, 7) is 23.7. The minimum absolute atomic E-state index is 0.0813. The Morgan fingerprint density at radius 2 is 0.816 bits per heavy atom. The molecule has 0 spiro atoms. The van der Waals surface area contributed by atoms with Crippen LogP contribution in [-0.4, -0.2) is 180 Å². The van der Waals surface area contributed by atoms with E-state index in [4.69, 9.17) is 0 Å². The van der Waals surface area contributed by atoms with E-state index in [1.54, 1.807) is 41.5 Å². The van der Waals surface area contributed by atoms with E-state index in [9.17, 15) is 57.8 Å². The second kappa shape index (κ2) is 32.7. The molecule has 9 N–H and O–H groups in total. The van der Waals surface area contributed by atoms with Gasteiger partial charge in [-0.25, -0.2) is 0 Å². The molecule has 0 aromatic rings. The van der Waals surface area contributed by atoms with Gasteiger partial charge in [-0.15, -0.1) is 0 Å². The molecule has 1 aliphatic heterocycles. The number of carbonyl (C=O) groups is 11. The summed E-state index contributed by atoms with van der Waals surface area (Å²) in [6, 6.07) is -9.13. The van der Waals surface area contributed by atoms with Crippen LogP contribution < -0.4 is 42.5 Å². The van der Waals surface area contributed by atoms with Crippen molar-refractivity contribution in [2.75, 3.05) is 40.8 Å². The van der Waals surface area contributed by atoms with E-state index in [1.807, 2.05) is 41.5 Å². The molecule has 434 valence electrons. The number of nitrogens with one attached hydrogen (secondary N) is 8. The lowest BCUT2D eigenvalue weighted by atomic mass is 9.95. The summed E-state index contributed by atoms with van der Waals surface area (Å²) in [5, 5.41) is 32.1. The van der Waals surface area contributed by atoms with Crippen LogP contribution in [0.1, 0.15) is 142 Å². The second-order valence-electron chi connectivity index (χ2n) is 22.1. The van der Waals surface area contributed by atoms with Crippen LogP contribution in [0.3, 0.4) is 0 Å². The molecule has 0 aromatic carbocycles. The zero-order valence-electron chi connectivity index (χ0n) is 48.5. The van der Waals surface area contributed by atoms with Crippen molar-refractivity contribution in [2.24, 2.45) is 35.5 Å². The first-order chi connectivity index (χ1) is 35.3. The van der Waals surface area contributed by atoms with E-state index in [0.717, 1.165) is 0 Å². The van der Waals surface area contributed by atoms with E-state index in [2.05, 4.69) is 42.5 Å². The molecule has 23 nitrogen and oxygen atoms in total. The first-order valence-electron chi connectivity index (χ1n) is 27.1. The van der Waals surface area contributed by atoms with Crippen molar-refractivity contribution >= 4 is 65.0 Å². The number of carbonyl (C=O) groups excluding carboxylic acids is 11. The van der Waals surface area contributed by atoms with Crippen LogP contribution in [0.5, 0.6) is 0 Å². The van der Waals surface area contributed by atoms with Crippen molar-refractivity contribution in [1.29, 1.82) is 0 Å². The molecule has 76 heavy (non-hydrogen) atoms. The van der Waals surface area contributed by atoms with Crippen molar-refractivity contribution in [3.63, 3.8) is 0 Å². The molecule has 1 heterocycles. The molecule has 0 saturated carbocycles. The Hall–Kier alpha value is -5.87. The maximum atomic E-state index is 14.2. The quantitative estimate of drug-likeness (QED) is 0.135. The predicted octanol–water partition coefficient (Wildman–Crippen LogP) is 0.321. The first kappa shape index (κ1) is 68.1. The summed E-state index contributed by atoms with van der Waals surface area (Å²) in [5.41, 5.74) is 0. The number of aliphatic hydroxyl groups is 1. The Labute approximate surface area is 451 Å². The number of likely N-dealkylation sites (N-methyl/N-ethyl adjacent to an activating group) is 3. The maximum absolute atomic E-state index is 14.2. The average molecular weight is 1080 g/mol. The average Bonchev–Trinajstić information content (AvgIpc) is 3.32. The number of rotatable bonds is 11. The monoisotopic (exact) mass is 1080 g/mol. The van der Waals surface area contributed by atoms with Crippen LogP contribution in [0.2, 0.25) is 0 Å². The normalized spacial score (nSPS) is 26.8. The van der Waals surface area contributed by atoms with Gasteiger partial charge in [-0.05, 0) is 62.2 Å². The van der Waals surface area contributed by atoms with Gasteiger partial charge < -0.3 is 62.3 Å². The molecule has 1 aliphatic rings. The minimum atomic E-state index is -1.51. The molecular weight excluding hydrogens is 983 g/mol. The minimum Gasteiger partial charge on any atom is -0.391 e. The van der Waals surface area contributed by atoms with Crippen LogP contribution in [0.4, 0.5) is 0 Å². The van der Waals surface area contributed by atoms with Gasteiger partial charge in [0.05, 0.1) is 6.10 Å². The van der Waals surface area contributed by atoms with Gasteiger partial charge >= 0.3 is 0 Å². The van der Waals surface area contributed by atoms with Gasteiger partial charge in [0.25, 0.3) is 0 Å². The molecule has 11 amide bonds. The van der Waals surface area contributed by atoms with E-state index in [-0.39, 0.29) is 75.4 Å². The Balaban J connectivity index is 3.73. The summed E-state index contributed by atoms with van der Waals surface area (Å²) in [4.78, 5) is 155. The second-order valence-corrected chi connectivity index (χ2v) is 22.1. The fraction of sp³-hybridized carbons (Fsp3) is 0.792. The predicted molar refractivity (Wildman–Crippen MR) is 287 cm³/mol. The highest BCUT2D eigenvalue weighted by atomic mass is 16.3. The number of hydrogen-bond acceptors (Lipinski definition) is 12. The molecule has 1 saturated heterocycles. The third-order valence-corrected chi connectivity index (χ3v) is 13.8. The smallest absolute Gasteiger partial charge is 0.245 e. The molecule has 3 unspecified atom stereocenters. The summed E-state index contributed by atoms with van der Waals surface area (Å²) in [7, 11) is 4.30. The van der Waals surface area contributed by atoms with Crippen molar-refractivity contribution in [1.82, 2.24) is 57.2 Å². The van der Waals surface area contributed by atoms with E-state index in [0.29, 0.717) is 12.8 Å². The molecule has 1 rings (SSSR count). The Morgan fingerprint density at radius 1 is 0.447 bits per heavy atom. The van der Waals surface area contributed by atoms with Crippen molar-refractivity contribution in [2.45, 2.75) is 196 Å². The van der Waals surface area contributed by atoms with Crippen LogP contribution in [0, 0.1) is 35.5 Å². The first-order valence-corrected chi connectivity index (χ1v) is 27.1. The molecule has 23 heteroatoms. The summed E-state index contributed by atoms with van der Waals surface area (Å²) >= 11 is 0. The topological polar surface area (TPSA) is 314 Å². The van der Waals surface area contributed by atoms with E-state index < -0.39 is 131 Å². The van der Waals surface area contributed by atoms with Gasteiger partial charge in [-0.2, -0.15) is 0 Å². The van der Waals surface area contributed by atoms with Crippen LogP contribution in [-0.2, 0) is 52.7 Å². The molecule has 0 radical (unpaired) electrons. The van der Waals surface area contributed by atoms with E-state index in [1.165, 1.54) is 49.7 Å². The fourth-order valence-corrected chi connectivity index (χ4v) is 9.13. The summed E-state index contributed by atoms with van der Waals surface area (Å²) in [6.07, 6.45) is -0.862. The van der Waals surface area contributed by atoms with Crippen LogP contribution >= 0.6 is 0 Å². The number of aliphatic hydroxyl groups excluding tert-OH is 1. The maximum Gasteiger partial charge on any atom is 0.245 e. The summed E-state index contributed by atoms with van der Waals surface area (Å²) < 4.78 is 0. The number of hydrogen-bond donors (Lipinski definition) is 9. The molecular formula is C53H95N11O12. The Kier molecular flexibility index (Phi) is 29.3. The van der Waals surface area contributed by atoms with Gasteiger partial charge in [0.2, 0.25) is 65.0 Å². The molecule has 0 aromatic heterocycles. The fourth-order valence-electron chi connectivity index (χ4n) is 9.13. The largest absolute Gasteiger partial charge is 0.391 e.